The van der Waals surface area contributed by atoms with Gasteiger partial charge in [0.1, 0.15) is 18.5 Å². The Bertz CT molecular complexity index is 393. The molecule has 6 heteroatoms. The van der Waals surface area contributed by atoms with Gasteiger partial charge < -0.3 is 20.1 Å². The number of nitrogens with two attached hydrogens (primary N) is 1. The zero-order valence-corrected chi connectivity index (χ0v) is 11.9. The molecular weight excluding hydrogens is 268 g/mol. The molecule has 0 radical (unpaired) electrons. The molecule has 1 aromatic carbocycles. The molecule has 0 aliphatic carbocycles. The van der Waals surface area contributed by atoms with Crippen LogP contribution in [0.15, 0.2) is 24.3 Å². The largest absolute Gasteiger partial charge is 0.492 e. The maximum Gasteiger partial charge on any atom is 0.252 e. The summed E-state index contributed by atoms with van der Waals surface area (Å²) in [5, 5.41) is 0.658. The number of halogens is 1. The van der Waals surface area contributed by atoms with Crippen LogP contribution in [-0.2, 0) is 9.53 Å². The third-order valence-electron chi connectivity index (χ3n) is 2.66. The van der Waals surface area contributed by atoms with Gasteiger partial charge in [-0.25, -0.2) is 0 Å². The van der Waals surface area contributed by atoms with Crippen LogP contribution >= 0.6 is 11.6 Å². The summed E-state index contributed by atoms with van der Waals surface area (Å²) in [5.41, 5.74) is 5.44. The molecule has 1 aromatic rings. The molecule has 1 unspecified atom stereocenters. The third kappa shape index (κ3) is 5.06. The fourth-order valence-corrected chi connectivity index (χ4v) is 1.61. The zero-order valence-electron chi connectivity index (χ0n) is 11.1. The standard InChI is InChI=1S/C13H19ClN2O3/c1-16(13(17)12(9-15)18-2)7-8-19-11-5-3-10(14)4-6-11/h3-6,12H,7-9,15H2,1-2H3. The number of likely N-dealkylation sites (N-methyl/N-ethyl adjacent to an activating group) is 1. The van der Waals surface area contributed by atoms with E-state index >= 15 is 0 Å². The van der Waals surface area contributed by atoms with E-state index in [0.29, 0.717) is 23.9 Å². The second-order valence-corrected chi connectivity index (χ2v) is 4.46. The van der Waals surface area contributed by atoms with Crippen LogP contribution < -0.4 is 10.5 Å². The van der Waals surface area contributed by atoms with E-state index in [1.165, 1.54) is 12.0 Å². The summed E-state index contributed by atoms with van der Waals surface area (Å²) < 4.78 is 10.5. The first kappa shape index (κ1) is 15.8. The van der Waals surface area contributed by atoms with E-state index in [1.54, 1.807) is 31.3 Å². The van der Waals surface area contributed by atoms with Crippen molar-refractivity contribution < 1.29 is 14.3 Å². The summed E-state index contributed by atoms with van der Waals surface area (Å²) >= 11 is 5.77. The number of benzene rings is 1. The number of ether oxygens (including phenoxy) is 2. The predicted octanol–water partition coefficient (Wildman–Crippen LogP) is 1.15. The van der Waals surface area contributed by atoms with Crippen LogP contribution in [0.3, 0.4) is 0 Å². The van der Waals surface area contributed by atoms with Crippen molar-refractivity contribution in [3.63, 3.8) is 0 Å². The molecule has 0 saturated heterocycles. The van der Waals surface area contributed by atoms with E-state index in [-0.39, 0.29) is 12.5 Å². The molecule has 5 nitrogen and oxygen atoms in total. The fraction of sp³-hybridized carbons (Fsp3) is 0.462. The van der Waals surface area contributed by atoms with Crippen LogP contribution in [0.1, 0.15) is 0 Å². The summed E-state index contributed by atoms with van der Waals surface area (Å²) in [5.74, 6) is 0.567. The summed E-state index contributed by atoms with van der Waals surface area (Å²) in [6.07, 6.45) is -0.597. The second kappa shape index (κ2) is 7.99. The Kier molecular flexibility index (Phi) is 6.62. The van der Waals surface area contributed by atoms with Crippen molar-refractivity contribution in [2.75, 3.05) is 33.9 Å². The lowest BCUT2D eigenvalue weighted by molar-refractivity contribution is -0.140. The van der Waals surface area contributed by atoms with E-state index < -0.39 is 6.10 Å². The van der Waals surface area contributed by atoms with Gasteiger partial charge in [-0.1, -0.05) is 11.6 Å². The maximum absolute atomic E-state index is 11.8. The summed E-state index contributed by atoms with van der Waals surface area (Å²) in [4.78, 5) is 13.4. The number of nitrogens with zero attached hydrogens (tertiary/aromatic N) is 1. The van der Waals surface area contributed by atoms with Gasteiger partial charge >= 0.3 is 0 Å². The highest BCUT2D eigenvalue weighted by Crippen LogP contribution is 2.15. The Balaban J connectivity index is 2.36. The number of carbonyl (C=O) groups excluding carboxylic acids is 1. The number of hydrogen-bond acceptors (Lipinski definition) is 4. The lowest BCUT2D eigenvalue weighted by Gasteiger charge is -2.22. The van der Waals surface area contributed by atoms with Crippen molar-refractivity contribution in [1.82, 2.24) is 4.90 Å². The summed E-state index contributed by atoms with van der Waals surface area (Å²) in [7, 11) is 3.16. The quantitative estimate of drug-likeness (QED) is 0.817. The van der Waals surface area contributed by atoms with E-state index in [4.69, 9.17) is 26.8 Å². The average Bonchev–Trinajstić information content (AvgIpc) is 2.42. The van der Waals surface area contributed by atoms with Gasteiger partial charge in [-0.3, -0.25) is 4.79 Å². The SMILES string of the molecule is COC(CN)C(=O)N(C)CCOc1ccc(Cl)cc1. The first-order valence-corrected chi connectivity index (χ1v) is 6.32. The van der Waals surface area contributed by atoms with E-state index in [2.05, 4.69) is 0 Å². The Labute approximate surface area is 118 Å². The molecule has 0 aliphatic heterocycles. The van der Waals surface area contributed by atoms with Crippen LogP contribution in [-0.4, -0.2) is 50.8 Å². The van der Waals surface area contributed by atoms with Crippen LogP contribution in [0.5, 0.6) is 5.75 Å². The number of hydrogen-bond donors (Lipinski definition) is 1. The molecule has 106 valence electrons. The van der Waals surface area contributed by atoms with Crippen molar-refractivity contribution in [2.45, 2.75) is 6.10 Å². The minimum atomic E-state index is -0.597. The molecule has 19 heavy (non-hydrogen) atoms. The van der Waals surface area contributed by atoms with Gasteiger partial charge in [0.25, 0.3) is 5.91 Å². The molecule has 0 aliphatic rings. The predicted molar refractivity (Wildman–Crippen MR) is 74.4 cm³/mol. The lowest BCUT2D eigenvalue weighted by Crippen LogP contribution is -2.43. The number of amides is 1. The van der Waals surface area contributed by atoms with Crippen molar-refractivity contribution >= 4 is 17.5 Å². The van der Waals surface area contributed by atoms with Crippen LogP contribution in [0.2, 0.25) is 5.02 Å². The Morgan fingerprint density at radius 1 is 1.42 bits per heavy atom. The summed E-state index contributed by atoms with van der Waals surface area (Å²) in [6.45, 7) is 1.02. The molecule has 0 fully saturated rings. The van der Waals surface area contributed by atoms with Gasteiger partial charge in [0.15, 0.2) is 0 Å². The van der Waals surface area contributed by atoms with Crippen molar-refractivity contribution in [1.29, 1.82) is 0 Å². The molecule has 1 rings (SSSR count). The van der Waals surface area contributed by atoms with Gasteiger partial charge in [-0.15, -0.1) is 0 Å². The molecule has 0 aromatic heterocycles. The maximum atomic E-state index is 11.8. The highest BCUT2D eigenvalue weighted by Gasteiger charge is 2.19. The first-order valence-electron chi connectivity index (χ1n) is 5.94. The molecule has 1 atom stereocenters. The minimum absolute atomic E-state index is 0.148. The highest BCUT2D eigenvalue weighted by molar-refractivity contribution is 6.30. The van der Waals surface area contributed by atoms with E-state index in [1.807, 2.05) is 0 Å². The van der Waals surface area contributed by atoms with E-state index in [0.717, 1.165) is 0 Å². The minimum Gasteiger partial charge on any atom is -0.492 e. The van der Waals surface area contributed by atoms with Crippen LogP contribution in [0.4, 0.5) is 0 Å². The molecule has 0 spiro atoms. The normalized spacial score (nSPS) is 12.0. The number of carbonyl (C=O) groups is 1. The molecule has 0 bridgehead atoms. The Morgan fingerprint density at radius 3 is 2.58 bits per heavy atom. The summed E-state index contributed by atoms with van der Waals surface area (Å²) in [6, 6.07) is 7.06. The zero-order chi connectivity index (χ0) is 14.3. The highest BCUT2D eigenvalue weighted by atomic mass is 35.5. The van der Waals surface area contributed by atoms with Crippen LogP contribution in [0.25, 0.3) is 0 Å². The second-order valence-electron chi connectivity index (χ2n) is 4.02. The third-order valence-corrected chi connectivity index (χ3v) is 2.91. The monoisotopic (exact) mass is 286 g/mol. The lowest BCUT2D eigenvalue weighted by atomic mass is 10.3. The van der Waals surface area contributed by atoms with Crippen LogP contribution in [0, 0.1) is 0 Å². The Morgan fingerprint density at radius 2 is 2.05 bits per heavy atom. The number of methoxy groups -OCH3 is 1. The molecule has 0 heterocycles. The average molecular weight is 287 g/mol. The van der Waals surface area contributed by atoms with Gasteiger partial charge in [-0.05, 0) is 24.3 Å². The topological polar surface area (TPSA) is 64.8 Å². The molecule has 1 amide bonds. The van der Waals surface area contributed by atoms with Gasteiger partial charge in [0.2, 0.25) is 0 Å². The Hall–Kier alpha value is -1.30. The van der Waals surface area contributed by atoms with Crippen molar-refractivity contribution in [3.8, 4) is 5.75 Å². The van der Waals surface area contributed by atoms with Gasteiger partial charge in [0, 0.05) is 25.7 Å². The van der Waals surface area contributed by atoms with Gasteiger partial charge in [-0.2, -0.15) is 0 Å². The number of rotatable bonds is 7. The smallest absolute Gasteiger partial charge is 0.252 e. The molecule has 2 N–H and O–H groups in total. The van der Waals surface area contributed by atoms with E-state index in [9.17, 15) is 4.79 Å². The molecule has 0 saturated carbocycles. The van der Waals surface area contributed by atoms with Gasteiger partial charge in [0.05, 0.1) is 6.54 Å². The fourth-order valence-electron chi connectivity index (χ4n) is 1.49. The molecular formula is C13H19ClN2O3. The van der Waals surface area contributed by atoms with Crippen molar-refractivity contribution in [2.24, 2.45) is 5.73 Å². The first-order chi connectivity index (χ1) is 9.08. The van der Waals surface area contributed by atoms with Crippen molar-refractivity contribution in [3.05, 3.63) is 29.3 Å².